The molecule has 1 aromatic rings. The third-order valence-corrected chi connectivity index (χ3v) is 5.27. The molecule has 1 aromatic carbocycles. The third-order valence-electron chi connectivity index (χ3n) is 5.27. The van der Waals surface area contributed by atoms with E-state index in [1.54, 1.807) is 12.2 Å². The van der Waals surface area contributed by atoms with Crippen molar-refractivity contribution in [2.45, 2.75) is 44.2 Å². The molecule has 0 unspecified atom stereocenters. The highest BCUT2D eigenvalue weighted by atomic mass is 16.5. The van der Waals surface area contributed by atoms with Crippen LogP contribution in [0.15, 0.2) is 55.6 Å². The molecule has 3 N–H and O–H groups in total. The monoisotopic (exact) mass is 504 g/mol. The number of ether oxygens (including phenoxy) is 3. The lowest BCUT2D eigenvalue weighted by Crippen LogP contribution is -2.47. The van der Waals surface area contributed by atoms with Crippen LogP contribution in [0.3, 0.4) is 0 Å². The highest BCUT2D eigenvalue weighted by Crippen LogP contribution is 2.24. The van der Waals surface area contributed by atoms with Gasteiger partial charge in [0.05, 0.1) is 38.4 Å². The molecule has 0 aromatic heterocycles. The van der Waals surface area contributed by atoms with Gasteiger partial charge in [0.25, 0.3) is 0 Å². The van der Waals surface area contributed by atoms with Crippen LogP contribution in [0.2, 0.25) is 0 Å². The lowest BCUT2D eigenvalue weighted by Gasteiger charge is -2.29. The van der Waals surface area contributed by atoms with Crippen molar-refractivity contribution in [3.63, 3.8) is 0 Å². The minimum absolute atomic E-state index is 0.0467. The van der Waals surface area contributed by atoms with Crippen molar-refractivity contribution in [3.05, 3.63) is 61.2 Å². The van der Waals surface area contributed by atoms with Crippen molar-refractivity contribution < 1.29 is 33.7 Å². The van der Waals surface area contributed by atoms with Crippen LogP contribution in [-0.4, -0.2) is 69.0 Å². The van der Waals surface area contributed by atoms with E-state index in [0.29, 0.717) is 12.8 Å². The van der Waals surface area contributed by atoms with E-state index in [0.717, 1.165) is 5.56 Å². The summed E-state index contributed by atoms with van der Waals surface area (Å²) in [5, 5.41) is 14.4. The predicted octanol–water partition coefficient (Wildman–Crippen LogP) is 2.47. The minimum Gasteiger partial charge on any atom is -0.455 e. The number of rotatable bonds is 20. The Kier molecular flexibility index (Phi) is 16.6. The van der Waals surface area contributed by atoms with Crippen LogP contribution in [0.1, 0.15) is 43.8 Å². The number of aliphatic hydroxyl groups is 1. The van der Waals surface area contributed by atoms with Crippen molar-refractivity contribution in [1.82, 2.24) is 10.6 Å². The summed E-state index contributed by atoms with van der Waals surface area (Å²) in [6, 6.07) is 8.48. The molecule has 1 rings (SSSR count). The Bertz CT molecular complexity index is 801. The molecule has 0 aliphatic rings. The number of unbranched alkanes of at least 4 members (excludes halogenated alkanes) is 1. The molecule has 0 aliphatic heterocycles. The first-order chi connectivity index (χ1) is 17.5. The van der Waals surface area contributed by atoms with Gasteiger partial charge in [-0.15, -0.1) is 13.2 Å². The fourth-order valence-corrected chi connectivity index (χ4v) is 3.51. The molecular formula is C27H40N2O7. The first-order valence-electron chi connectivity index (χ1n) is 12.2. The number of allylic oxidation sites excluding steroid dienone is 2. The Balaban J connectivity index is 2.93. The van der Waals surface area contributed by atoms with Crippen LogP contribution < -0.4 is 10.6 Å². The molecule has 36 heavy (non-hydrogen) atoms. The summed E-state index contributed by atoms with van der Waals surface area (Å²) in [6.07, 6.45) is 4.34. The first kappa shape index (κ1) is 31.0. The Hall–Kier alpha value is -3.01. The van der Waals surface area contributed by atoms with E-state index in [1.165, 1.54) is 7.11 Å². The second-order valence-electron chi connectivity index (χ2n) is 8.18. The Labute approximate surface area is 213 Å². The summed E-state index contributed by atoms with van der Waals surface area (Å²) in [7, 11) is 1.50. The number of carbonyl (C=O) groups excluding carboxylic acids is 3. The van der Waals surface area contributed by atoms with Gasteiger partial charge in [-0.1, -0.05) is 42.5 Å². The standard InChI is InChI=1S/C27H40N2O7/c1-4-6-8-14-25(32)36-26(21-12-9-7-10-13-21)23(20-34-3)29-27(33)22(11-5-2)19-24(31)28-15-17-35-18-16-30/h4-5,7,9-10,12-13,22-23,26,30H,1-2,6,8,11,14-20H2,3H3,(H,28,31)(H,29,33)/t22-,23+,26+/m1/s1. The van der Waals surface area contributed by atoms with Gasteiger partial charge in [-0.2, -0.15) is 0 Å². The van der Waals surface area contributed by atoms with E-state index in [-0.39, 0.29) is 70.0 Å². The number of amides is 2. The number of carbonyl (C=O) groups is 3. The fraction of sp³-hybridized carbons (Fsp3) is 0.519. The molecule has 2 amide bonds. The summed E-state index contributed by atoms with van der Waals surface area (Å²) in [4.78, 5) is 38.1. The molecule has 0 spiro atoms. The lowest BCUT2D eigenvalue weighted by atomic mass is 9.97. The summed E-state index contributed by atoms with van der Waals surface area (Å²) < 4.78 is 16.3. The molecule has 200 valence electrons. The fourth-order valence-electron chi connectivity index (χ4n) is 3.51. The van der Waals surface area contributed by atoms with Gasteiger partial charge in [0, 0.05) is 26.5 Å². The summed E-state index contributed by atoms with van der Waals surface area (Å²) in [6.45, 7) is 8.10. The van der Waals surface area contributed by atoms with E-state index in [4.69, 9.17) is 19.3 Å². The van der Waals surface area contributed by atoms with Crippen molar-refractivity contribution in [2.75, 3.05) is 40.1 Å². The van der Waals surface area contributed by atoms with E-state index >= 15 is 0 Å². The molecule has 9 nitrogen and oxygen atoms in total. The quantitative estimate of drug-likeness (QED) is 0.142. The number of benzene rings is 1. The van der Waals surface area contributed by atoms with Gasteiger partial charge >= 0.3 is 5.97 Å². The number of hydrogen-bond acceptors (Lipinski definition) is 7. The number of esters is 1. The molecule has 0 bridgehead atoms. The van der Waals surface area contributed by atoms with Crippen molar-refractivity contribution in [3.8, 4) is 0 Å². The maximum absolute atomic E-state index is 13.2. The molecule has 0 heterocycles. The van der Waals surface area contributed by atoms with Crippen LogP contribution in [-0.2, 0) is 28.6 Å². The number of methoxy groups -OCH3 is 1. The zero-order chi connectivity index (χ0) is 26.6. The number of aliphatic hydroxyl groups excluding tert-OH is 1. The normalized spacial score (nSPS) is 13.2. The van der Waals surface area contributed by atoms with Crippen LogP contribution in [0.25, 0.3) is 0 Å². The molecule has 0 saturated carbocycles. The topological polar surface area (TPSA) is 123 Å². The van der Waals surface area contributed by atoms with Gasteiger partial charge < -0.3 is 30.0 Å². The van der Waals surface area contributed by atoms with E-state index < -0.39 is 18.1 Å². The average Bonchev–Trinajstić information content (AvgIpc) is 2.87. The van der Waals surface area contributed by atoms with Gasteiger partial charge in [-0.3, -0.25) is 14.4 Å². The highest BCUT2D eigenvalue weighted by Gasteiger charge is 2.31. The van der Waals surface area contributed by atoms with Gasteiger partial charge in [0.15, 0.2) is 0 Å². The molecule has 0 fully saturated rings. The molecule has 9 heteroatoms. The number of nitrogens with one attached hydrogen (secondary N) is 2. The average molecular weight is 505 g/mol. The highest BCUT2D eigenvalue weighted by molar-refractivity contribution is 5.86. The van der Waals surface area contributed by atoms with E-state index in [2.05, 4.69) is 23.8 Å². The third kappa shape index (κ3) is 12.6. The Morgan fingerprint density at radius 1 is 1.11 bits per heavy atom. The Morgan fingerprint density at radius 2 is 1.86 bits per heavy atom. The molecular weight excluding hydrogens is 464 g/mol. The van der Waals surface area contributed by atoms with Crippen LogP contribution >= 0.6 is 0 Å². The van der Waals surface area contributed by atoms with Crippen molar-refractivity contribution >= 4 is 17.8 Å². The summed E-state index contributed by atoms with van der Waals surface area (Å²) in [5.41, 5.74) is 0.720. The second-order valence-corrected chi connectivity index (χ2v) is 8.18. The predicted molar refractivity (Wildman–Crippen MR) is 137 cm³/mol. The Morgan fingerprint density at radius 3 is 2.50 bits per heavy atom. The van der Waals surface area contributed by atoms with Gasteiger partial charge in [0.1, 0.15) is 6.10 Å². The largest absolute Gasteiger partial charge is 0.455 e. The maximum atomic E-state index is 13.2. The number of hydrogen-bond donors (Lipinski definition) is 3. The van der Waals surface area contributed by atoms with Gasteiger partial charge in [-0.25, -0.2) is 0 Å². The van der Waals surface area contributed by atoms with Crippen LogP contribution in [0.5, 0.6) is 0 Å². The summed E-state index contributed by atoms with van der Waals surface area (Å²) >= 11 is 0. The molecule has 0 saturated heterocycles. The zero-order valence-corrected chi connectivity index (χ0v) is 21.2. The smallest absolute Gasteiger partial charge is 0.306 e. The van der Waals surface area contributed by atoms with Crippen LogP contribution in [0, 0.1) is 5.92 Å². The first-order valence-corrected chi connectivity index (χ1v) is 12.2. The van der Waals surface area contributed by atoms with E-state index in [1.807, 2.05) is 30.3 Å². The van der Waals surface area contributed by atoms with Gasteiger partial charge in [-0.05, 0) is 24.8 Å². The lowest BCUT2D eigenvalue weighted by molar-refractivity contribution is -0.153. The van der Waals surface area contributed by atoms with E-state index in [9.17, 15) is 14.4 Å². The van der Waals surface area contributed by atoms with Crippen molar-refractivity contribution in [1.29, 1.82) is 0 Å². The minimum atomic E-state index is -0.770. The molecule has 0 radical (unpaired) electrons. The molecule has 3 atom stereocenters. The zero-order valence-electron chi connectivity index (χ0n) is 21.2. The molecule has 0 aliphatic carbocycles. The van der Waals surface area contributed by atoms with Crippen LogP contribution in [0.4, 0.5) is 0 Å². The van der Waals surface area contributed by atoms with Crippen molar-refractivity contribution in [2.24, 2.45) is 5.92 Å². The maximum Gasteiger partial charge on any atom is 0.306 e. The van der Waals surface area contributed by atoms with Gasteiger partial charge in [0.2, 0.25) is 11.8 Å². The summed E-state index contributed by atoms with van der Waals surface area (Å²) in [5.74, 6) is -1.72. The second kappa shape index (κ2) is 19.2. The SMILES string of the molecule is C=CCCCC(=O)O[C@@H](c1ccccc1)[C@H](COC)NC(=O)[C@H](CC=C)CC(=O)NCCOCCO.